The van der Waals surface area contributed by atoms with E-state index in [4.69, 9.17) is 18.8 Å². The molecule has 2 atom stereocenters. The first kappa shape index (κ1) is 29.0. The maximum Gasteiger partial charge on any atom is 0.486 e. The summed E-state index contributed by atoms with van der Waals surface area (Å²) in [5, 5.41) is 0. The number of hydrogen-bond acceptors (Lipinski definition) is 4. The van der Waals surface area contributed by atoms with Crippen molar-refractivity contribution in [3.8, 4) is 0 Å². The van der Waals surface area contributed by atoms with Gasteiger partial charge in [0.15, 0.2) is 0 Å². The van der Waals surface area contributed by atoms with Gasteiger partial charge >= 0.3 is 7.12 Å². The first-order valence-corrected chi connectivity index (χ1v) is 14.5. The third kappa shape index (κ3) is 5.56. The third-order valence-electron chi connectivity index (χ3n) is 8.11. The highest BCUT2D eigenvalue weighted by Crippen LogP contribution is 2.50. The topological polar surface area (TPSA) is 36.9 Å². The van der Waals surface area contributed by atoms with Crippen molar-refractivity contribution in [3.05, 3.63) is 156 Å². The largest absolute Gasteiger partial charge is 0.486 e. The summed E-state index contributed by atoms with van der Waals surface area (Å²) >= 11 is 0. The number of allylic oxidation sites excluding steroid dienone is 1. The predicted octanol–water partition coefficient (Wildman–Crippen LogP) is 7.72. The molecule has 210 valence electrons. The van der Waals surface area contributed by atoms with Gasteiger partial charge in [0.1, 0.15) is 23.4 Å². The molecule has 1 saturated heterocycles. The average Bonchev–Trinajstić information content (AvgIpc) is 3.47. The summed E-state index contributed by atoms with van der Waals surface area (Å²) in [6.45, 7) is 2.20. The van der Waals surface area contributed by atoms with Gasteiger partial charge in [-0.25, -0.2) is 0 Å². The van der Waals surface area contributed by atoms with Gasteiger partial charge in [0, 0.05) is 14.2 Å². The van der Waals surface area contributed by atoms with E-state index in [9.17, 15) is 0 Å². The highest BCUT2D eigenvalue weighted by Gasteiger charge is 2.61. The maximum absolute atomic E-state index is 6.96. The van der Waals surface area contributed by atoms with Crippen molar-refractivity contribution in [1.82, 2.24) is 0 Å². The van der Waals surface area contributed by atoms with Crippen LogP contribution in [0.2, 0.25) is 0 Å². The van der Waals surface area contributed by atoms with Crippen LogP contribution in [0.25, 0.3) is 0 Å². The van der Waals surface area contributed by atoms with E-state index in [0.29, 0.717) is 0 Å². The minimum Gasteiger partial charge on any atom is -0.398 e. The molecule has 0 unspecified atom stereocenters. The summed E-state index contributed by atoms with van der Waals surface area (Å²) in [4.78, 5) is 0. The Bertz CT molecular complexity index is 1180. The molecule has 5 rings (SSSR count). The maximum atomic E-state index is 6.96. The van der Waals surface area contributed by atoms with Gasteiger partial charge in [-0.3, -0.25) is 0 Å². The molecular formula is C36H39BO4. The highest BCUT2D eigenvalue weighted by molar-refractivity contribution is 6.51. The Balaban J connectivity index is 1.76. The van der Waals surface area contributed by atoms with E-state index in [1.807, 2.05) is 78.8 Å². The Hall–Kier alpha value is -3.48. The molecule has 1 fully saturated rings. The van der Waals surface area contributed by atoms with Crippen molar-refractivity contribution in [1.29, 1.82) is 0 Å². The monoisotopic (exact) mass is 546 g/mol. The second-order valence-corrected chi connectivity index (χ2v) is 10.4. The zero-order chi connectivity index (χ0) is 28.5. The van der Waals surface area contributed by atoms with Gasteiger partial charge in [-0.1, -0.05) is 153 Å². The summed E-state index contributed by atoms with van der Waals surface area (Å²) in [7, 11) is 2.93. The fourth-order valence-corrected chi connectivity index (χ4v) is 6.14. The van der Waals surface area contributed by atoms with Crippen LogP contribution in [0.15, 0.2) is 133 Å². The van der Waals surface area contributed by atoms with Crippen molar-refractivity contribution in [3.63, 3.8) is 0 Å². The highest BCUT2D eigenvalue weighted by atomic mass is 16.7. The number of hydrogen-bond donors (Lipinski definition) is 0. The Labute approximate surface area is 245 Å². The molecule has 4 aromatic rings. The van der Waals surface area contributed by atoms with E-state index in [2.05, 4.69) is 61.5 Å². The molecule has 0 radical (unpaired) electrons. The molecule has 0 aliphatic carbocycles. The van der Waals surface area contributed by atoms with E-state index in [1.165, 1.54) is 0 Å². The molecule has 0 amide bonds. The smallest absolute Gasteiger partial charge is 0.398 e. The normalized spacial score (nSPS) is 17.8. The summed E-state index contributed by atoms with van der Waals surface area (Å²) in [5.74, 6) is 2.04. The molecule has 0 N–H and O–H groups in total. The van der Waals surface area contributed by atoms with Crippen LogP contribution in [-0.2, 0) is 30.0 Å². The number of unbranched alkanes of at least 4 members (excludes halogenated alkanes) is 2. The minimum absolute atomic E-state index is 0.578. The Morgan fingerprint density at radius 3 is 1.24 bits per heavy atom. The van der Waals surface area contributed by atoms with Gasteiger partial charge in [0.2, 0.25) is 0 Å². The van der Waals surface area contributed by atoms with Crippen LogP contribution in [0.5, 0.6) is 0 Å². The van der Waals surface area contributed by atoms with Gasteiger partial charge in [0.25, 0.3) is 0 Å². The summed E-state index contributed by atoms with van der Waals surface area (Å²) in [6.07, 6.45) is 4.20. The van der Waals surface area contributed by atoms with E-state index < -0.39 is 30.5 Å². The number of ether oxygens (including phenoxy) is 2. The zero-order valence-electron chi connectivity index (χ0n) is 24.2. The summed E-state index contributed by atoms with van der Waals surface area (Å²) in [6, 6.07) is 41.2. The number of rotatable bonds is 12. The van der Waals surface area contributed by atoms with Crippen molar-refractivity contribution in [2.75, 3.05) is 14.2 Å². The molecule has 0 bridgehead atoms. The molecule has 5 heteroatoms. The Morgan fingerprint density at radius 2 is 0.951 bits per heavy atom. The average molecular weight is 547 g/mol. The van der Waals surface area contributed by atoms with Crippen molar-refractivity contribution < 1.29 is 18.8 Å². The standard InChI is InChI=1S/C36H39BO4/c1-4-5-6-19-28-37-40-33(35(38-2,29-20-11-7-12-21-29)30-22-13-8-14-23-30)34(41-37)36(39-3,31-24-15-9-16-25-31)32-26-17-10-18-27-32/h7-28,33-34H,4-6H2,1-3H3/b28-19-/t33-,34-/m1/s1. The first-order valence-electron chi connectivity index (χ1n) is 14.5. The van der Waals surface area contributed by atoms with Gasteiger partial charge in [0.05, 0.1) is 0 Å². The lowest BCUT2D eigenvalue weighted by molar-refractivity contribution is -0.136. The van der Waals surface area contributed by atoms with Crippen LogP contribution < -0.4 is 0 Å². The van der Waals surface area contributed by atoms with Crippen LogP contribution in [-0.4, -0.2) is 33.5 Å². The summed E-state index contributed by atoms with van der Waals surface area (Å²) in [5.41, 5.74) is 1.94. The lowest BCUT2D eigenvalue weighted by Crippen LogP contribution is -2.56. The van der Waals surface area contributed by atoms with Crippen LogP contribution in [0, 0.1) is 0 Å². The van der Waals surface area contributed by atoms with Gasteiger partial charge in [-0.05, 0) is 28.7 Å². The molecule has 1 aliphatic rings. The van der Waals surface area contributed by atoms with Gasteiger partial charge in [-0.15, -0.1) is 0 Å². The van der Waals surface area contributed by atoms with Crippen molar-refractivity contribution in [2.24, 2.45) is 0 Å². The molecule has 0 spiro atoms. The molecule has 0 aromatic heterocycles. The molecule has 1 heterocycles. The molecule has 4 nitrogen and oxygen atoms in total. The summed E-state index contributed by atoms with van der Waals surface area (Å²) < 4.78 is 27.2. The van der Waals surface area contributed by atoms with Crippen LogP contribution >= 0.6 is 0 Å². The van der Waals surface area contributed by atoms with E-state index >= 15 is 0 Å². The second-order valence-electron chi connectivity index (χ2n) is 10.4. The van der Waals surface area contributed by atoms with Crippen LogP contribution in [0.1, 0.15) is 48.4 Å². The lowest BCUT2D eigenvalue weighted by Gasteiger charge is -2.46. The van der Waals surface area contributed by atoms with Crippen molar-refractivity contribution >= 4 is 7.12 Å². The van der Waals surface area contributed by atoms with Crippen molar-refractivity contribution in [2.45, 2.75) is 49.6 Å². The SMILES string of the molecule is CCCC/C=C\B1O[C@@H](C(OC)(c2ccccc2)c2ccccc2)[C@H](C(OC)(c2ccccc2)c2ccccc2)O1. The lowest BCUT2D eigenvalue weighted by atomic mass is 9.71. The molecule has 41 heavy (non-hydrogen) atoms. The molecular weight excluding hydrogens is 507 g/mol. The van der Waals surface area contributed by atoms with Crippen LogP contribution in [0.4, 0.5) is 0 Å². The molecule has 0 saturated carbocycles. The minimum atomic E-state index is -0.994. The van der Waals surface area contributed by atoms with Gasteiger partial charge in [-0.2, -0.15) is 0 Å². The fourth-order valence-electron chi connectivity index (χ4n) is 6.14. The van der Waals surface area contributed by atoms with E-state index in [-0.39, 0.29) is 0 Å². The Kier molecular flexibility index (Phi) is 9.53. The first-order chi connectivity index (χ1) is 20.2. The fraction of sp³-hybridized carbons (Fsp3) is 0.278. The third-order valence-corrected chi connectivity index (χ3v) is 8.11. The quantitative estimate of drug-likeness (QED) is 0.135. The van der Waals surface area contributed by atoms with E-state index in [0.717, 1.165) is 41.5 Å². The predicted molar refractivity (Wildman–Crippen MR) is 166 cm³/mol. The zero-order valence-corrected chi connectivity index (χ0v) is 24.2. The molecule has 1 aliphatic heterocycles. The number of methoxy groups -OCH3 is 2. The Morgan fingerprint density at radius 1 is 0.610 bits per heavy atom. The second kappa shape index (κ2) is 13.5. The van der Waals surface area contributed by atoms with E-state index in [1.54, 1.807) is 14.2 Å². The van der Waals surface area contributed by atoms with Gasteiger partial charge < -0.3 is 18.8 Å². The number of benzene rings is 4. The van der Waals surface area contributed by atoms with Crippen LogP contribution in [0.3, 0.4) is 0 Å². The molecule has 4 aromatic carbocycles.